The lowest BCUT2D eigenvalue weighted by molar-refractivity contribution is -0.290. The summed E-state index contributed by atoms with van der Waals surface area (Å²) in [4.78, 5) is 26.5. The zero-order chi connectivity index (χ0) is 14.8. The van der Waals surface area contributed by atoms with E-state index >= 15 is 0 Å². The molecule has 2 atom stereocenters. The van der Waals surface area contributed by atoms with E-state index in [4.69, 9.17) is 9.47 Å². The molecule has 3 fully saturated rings. The average Bonchev–Trinajstić information content (AvgIpc) is 2.98. The van der Waals surface area contributed by atoms with Crippen LogP contribution >= 0.6 is 0 Å². The van der Waals surface area contributed by atoms with Crippen molar-refractivity contribution in [2.45, 2.75) is 18.2 Å². The Labute approximate surface area is 111 Å². The fraction of sp³-hybridized carbons (Fsp3) is 0.818. The number of halogens is 3. The Morgan fingerprint density at radius 1 is 1.35 bits per heavy atom. The molecule has 1 spiro atoms. The van der Waals surface area contributed by atoms with E-state index in [1.807, 2.05) is 0 Å². The van der Waals surface area contributed by atoms with Gasteiger partial charge in [0.05, 0.1) is 32.2 Å². The molecule has 6 nitrogen and oxygen atoms in total. The summed E-state index contributed by atoms with van der Waals surface area (Å²) in [5.41, 5.74) is -1.35. The predicted molar refractivity (Wildman–Crippen MR) is 55.0 cm³/mol. The van der Waals surface area contributed by atoms with Gasteiger partial charge in [-0.15, -0.1) is 5.06 Å². The van der Waals surface area contributed by atoms with Crippen molar-refractivity contribution in [1.82, 2.24) is 5.06 Å². The third kappa shape index (κ3) is 1.72. The summed E-state index contributed by atoms with van der Waals surface area (Å²) in [7, 11) is 1.29. The summed E-state index contributed by atoms with van der Waals surface area (Å²) in [5, 5.41) is 0.904. The number of alkyl halides is 3. The lowest BCUT2D eigenvalue weighted by Gasteiger charge is -2.46. The van der Waals surface area contributed by atoms with E-state index in [9.17, 15) is 22.8 Å². The van der Waals surface area contributed by atoms with Crippen molar-refractivity contribution in [2.24, 2.45) is 11.3 Å². The molecule has 112 valence electrons. The summed E-state index contributed by atoms with van der Waals surface area (Å²) in [5.74, 6) is -2.69. The van der Waals surface area contributed by atoms with E-state index in [1.165, 1.54) is 7.11 Å². The first-order chi connectivity index (χ1) is 9.23. The fourth-order valence-corrected chi connectivity index (χ4v) is 3.11. The van der Waals surface area contributed by atoms with Gasteiger partial charge >= 0.3 is 18.1 Å². The van der Waals surface area contributed by atoms with Gasteiger partial charge in [0.2, 0.25) is 0 Å². The van der Waals surface area contributed by atoms with Crippen molar-refractivity contribution in [1.29, 1.82) is 0 Å². The molecular weight excluding hydrogens is 283 g/mol. The normalized spacial score (nSPS) is 34.3. The van der Waals surface area contributed by atoms with Crippen LogP contribution in [-0.2, 0) is 23.9 Å². The minimum atomic E-state index is -5.02. The van der Waals surface area contributed by atoms with Crippen molar-refractivity contribution in [3.05, 3.63) is 0 Å². The van der Waals surface area contributed by atoms with Crippen LogP contribution in [0.4, 0.5) is 13.2 Å². The second-order valence-corrected chi connectivity index (χ2v) is 5.43. The molecule has 1 aliphatic carbocycles. The van der Waals surface area contributed by atoms with Gasteiger partial charge in [-0.05, 0) is 6.42 Å². The fourth-order valence-electron chi connectivity index (χ4n) is 3.11. The highest BCUT2D eigenvalue weighted by Crippen LogP contribution is 2.66. The highest BCUT2D eigenvalue weighted by atomic mass is 19.4. The number of carbonyl (C=O) groups excluding carboxylic acids is 2. The quantitative estimate of drug-likeness (QED) is 0.681. The van der Waals surface area contributed by atoms with Crippen LogP contribution in [0.2, 0.25) is 0 Å². The predicted octanol–water partition coefficient (Wildman–Crippen LogP) is 0.271. The van der Waals surface area contributed by atoms with Crippen LogP contribution in [0.25, 0.3) is 0 Å². The van der Waals surface area contributed by atoms with Crippen LogP contribution in [0.1, 0.15) is 6.42 Å². The maximum absolute atomic E-state index is 12.0. The molecular formula is C11H12F3NO5. The van der Waals surface area contributed by atoms with E-state index in [-0.39, 0.29) is 31.6 Å². The van der Waals surface area contributed by atoms with Crippen molar-refractivity contribution in [2.75, 3.05) is 26.8 Å². The minimum Gasteiger partial charge on any atom is -0.469 e. The van der Waals surface area contributed by atoms with Gasteiger partial charge in [0.25, 0.3) is 0 Å². The molecule has 0 aromatic carbocycles. The Bertz CT molecular complexity index is 473. The molecule has 9 heteroatoms. The Morgan fingerprint density at radius 3 is 2.50 bits per heavy atom. The molecule has 2 aliphatic heterocycles. The van der Waals surface area contributed by atoms with Crippen molar-refractivity contribution in [3.63, 3.8) is 0 Å². The molecule has 0 radical (unpaired) electrons. The minimum absolute atomic E-state index is 0.0399. The summed E-state index contributed by atoms with van der Waals surface area (Å²) in [6.07, 6.45) is -4.42. The van der Waals surface area contributed by atoms with Crippen LogP contribution in [-0.4, -0.2) is 55.6 Å². The first-order valence-electron chi connectivity index (χ1n) is 6.00. The Morgan fingerprint density at radius 2 is 2.00 bits per heavy atom. The molecule has 0 aromatic rings. The van der Waals surface area contributed by atoms with Gasteiger partial charge in [0.15, 0.2) is 0 Å². The number of hydrogen-bond acceptors (Lipinski definition) is 6. The number of carbonyl (C=O) groups is 2. The monoisotopic (exact) mass is 295 g/mol. The van der Waals surface area contributed by atoms with Gasteiger partial charge in [-0.3, -0.25) is 4.79 Å². The Balaban J connectivity index is 1.57. The van der Waals surface area contributed by atoms with Gasteiger partial charge in [0, 0.05) is 5.92 Å². The third-order valence-corrected chi connectivity index (χ3v) is 4.25. The van der Waals surface area contributed by atoms with Gasteiger partial charge in [0.1, 0.15) is 5.60 Å². The van der Waals surface area contributed by atoms with Gasteiger partial charge in [-0.25, -0.2) is 4.79 Å². The molecule has 2 unspecified atom stereocenters. The zero-order valence-corrected chi connectivity index (χ0v) is 10.5. The molecule has 1 saturated carbocycles. The lowest BCUT2D eigenvalue weighted by atomic mass is 9.88. The molecule has 0 aromatic heterocycles. The van der Waals surface area contributed by atoms with E-state index in [0.717, 1.165) is 5.06 Å². The maximum Gasteiger partial charge on any atom is 0.492 e. The summed E-state index contributed by atoms with van der Waals surface area (Å²) < 4.78 is 46.4. The molecule has 0 bridgehead atoms. The van der Waals surface area contributed by atoms with Crippen LogP contribution in [0, 0.1) is 11.3 Å². The molecule has 0 N–H and O–H groups in total. The third-order valence-electron chi connectivity index (χ3n) is 4.25. The van der Waals surface area contributed by atoms with Gasteiger partial charge in [-0.1, -0.05) is 0 Å². The van der Waals surface area contributed by atoms with Crippen LogP contribution in [0.5, 0.6) is 0 Å². The van der Waals surface area contributed by atoms with E-state index in [1.54, 1.807) is 0 Å². The smallest absolute Gasteiger partial charge is 0.469 e. The van der Waals surface area contributed by atoms with Crippen molar-refractivity contribution in [3.8, 4) is 0 Å². The molecule has 3 aliphatic rings. The number of hydrogen-bond donors (Lipinski definition) is 0. The molecule has 0 amide bonds. The summed E-state index contributed by atoms with van der Waals surface area (Å²) >= 11 is 0. The largest absolute Gasteiger partial charge is 0.492 e. The summed E-state index contributed by atoms with van der Waals surface area (Å²) in [6, 6.07) is 0. The lowest BCUT2D eigenvalue weighted by Crippen LogP contribution is -2.64. The molecule has 2 heterocycles. The van der Waals surface area contributed by atoms with Crippen LogP contribution in [0.15, 0.2) is 0 Å². The van der Waals surface area contributed by atoms with Gasteiger partial charge < -0.3 is 14.3 Å². The zero-order valence-electron chi connectivity index (χ0n) is 10.5. The van der Waals surface area contributed by atoms with E-state index < -0.39 is 23.2 Å². The number of ether oxygens (including phenoxy) is 2. The van der Waals surface area contributed by atoms with Crippen molar-refractivity contribution < 1.29 is 37.1 Å². The Kier molecular flexibility index (Phi) is 2.62. The second kappa shape index (κ2) is 3.85. The number of esters is 1. The topological polar surface area (TPSA) is 65.1 Å². The molecule has 20 heavy (non-hydrogen) atoms. The average molecular weight is 295 g/mol. The highest BCUT2D eigenvalue weighted by molar-refractivity contribution is 5.82. The standard InChI is InChI=1S/C11H12F3NO5/c1-18-7(16)9-2-6(9)10(19-5-9)3-15(4-10)20-8(17)11(12,13)14/h6H,2-5H2,1H3. The van der Waals surface area contributed by atoms with Gasteiger partial charge in [-0.2, -0.15) is 13.2 Å². The SMILES string of the molecule is COC(=O)C12COC3(CN(OC(=O)C(F)(F)F)C3)C1C2. The highest BCUT2D eigenvalue weighted by Gasteiger charge is 2.77. The first kappa shape index (κ1) is 13.6. The second-order valence-electron chi connectivity index (χ2n) is 5.43. The number of nitrogens with zero attached hydrogens (tertiary/aromatic N) is 1. The number of methoxy groups -OCH3 is 1. The first-order valence-corrected chi connectivity index (χ1v) is 6.00. The number of hydroxylamine groups is 2. The van der Waals surface area contributed by atoms with E-state index in [2.05, 4.69) is 4.84 Å². The molecule has 3 rings (SSSR count). The van der Waals surface area contributed by atoms with Crippen molar-refractivity contribution >= 4 is 11.9 Å². The Hall–Kier alpha value is -1.35. The maximum atomic E-state index is 12.0. The van der Waals surface area contributed by atoms with Crippen LogP contribution < -0.4 is 0 Å². The van der Waals surface area contributed by atoms with E-state index in [0.29, 0.717) is 6.42 Å². The number of rotatable bonds is 2. The summed E-state index contributed by atoms with van der Waals surface area (Å²) in [6.45, 7) is 0.280. The molecule has 2 saturated heterocycles. The van der Waals surface area contributed by atoms with Crippen LogP contribution in [0.3, 0.4) is 0 Å². The number of fused-ring (bicyclic) bond motifs is 2.